The van der Waals surface area contributed by atoms with Crippen molar-refractivity contribution in [2.45, 2.75) is 31.1 Å². The first-order chi connectivity index (χ1) is 16.1. The van der Waals surface area contributed by atoms with E-state index in [0.717, 1.165) is 18.1 Å². The summed E-state index contributed by atoms with van der Waals surface area (Å²) in [5, 5.41) is 0. The predicted octanol–water partition coefficient (Wildman–Crippen LogP) is 5.32. The van der Waals surface area contributed by atoms with Gasteiger partial charge in [0.2, 0.25) is 0 Å². The van der Waals surface area contributed by atoms with E-state index in [-0.39, 0.29) is 17.0 Å². The second-order valence-electron chi connectivity index (χ2n) is 7.69. The van der Waals surface area contributed by atoms with Gasteiger partial charge in [-0.1, -0.05) is 44.2 Å². The van der Waals surface area contributed by atoms with Crippen molar-refractivity contribution < 1.29 is 31.5 Å². The van der Waals surface area contributed by atoms with E-state index in [0.29, 0.717) is 23.6 Å². The Kier molecular flexibility index (Phi) is 7.78. The summed E-state index contributed by atoms with van der Waals surface area (Å²) in [5.41, 5.74) is 1.53. The Morgan fingerprint density at radius 2 is 1.65 bits per heavy atom. The summed E-state index contributed by atoms with van der Waals surface area (Å²) in [5.74, 6) is -3.31. The number of ether oxygens (including phenoxy) is 1. The third-order valence-corrected chi connectivity index (χ3v) is 6.68. The molecule has 0 aliphatic heterocycles. The molecule has 0 bridgehead atoms. The molecule has 0 saturated heterocycles. The Balaban J connectivity index is 1.65. The van der Waals surface area contributed by atoms with Gasteiger partial charge in [-0.2, -0.15) is 0 Å². The lowest BCUT2D eigenvalue weighted by atomic mass is 9.97. The van der Waals surface area contributed by atoms with Crippen molar-refractivity contribution in [2.24, 2.45) is 0 Å². The lowest BCUT2D eigenvalue weighted by Gasteiger charge is -2.11. The van der Waals surface area contributed by atoms with Crippen LogP contribution in [-0.4, -0.2) is 26.8 Å². The summed E-state index contributed by atoms with van der Waals surface area (Å²) in [7, 11) is -4.23. The van der Waals surface area contributed by atoms with Gasteiger partial charge in [0, 0.05) is 11.3 Å². The smallest absolute Gasteiger partial charge is 0.338 e. The molecule has 0 aliphatic carbocycles. The zero-order valence-electron chi connectivity index (χ0n) is 18.5. The van der Waals surface area contributed by atoms with E-state index >= 15 is 0 Å². The van der Waals surface area contributed by atoms with Gasteiger partial charge in [-0.3, -0.25) is 9.52 Å². The second-order valence-corrected chi connectivity index (χ2v) is 9.38. The highest BCUT2D eigenvalue weighted by atomic mass is 32.2. The summed E-state index contributed by atoms with van der Waals surface area (Å²) >= 11 is 0. The average Bonchev–Trinajstić information content (AvgIpc) is 2.83. The molecule has 0 saturated carbocycles. The van der Waals surface area contributed by atoms with Crippen molar-refractivity contribution >= 4 is 27.5 Å². The fourth-order valence-electron chi connectivity index (χ4n) is 3.10. The number of halogens is 2. The number of carbonyl (C=O) groups is 2. The van der Waals surface area contributed by atoms with Crippen LogP contribution in [0.4, 0.5) is 14.5 Å². The van der Waals surface area contributed by atoms with Crippen LogP contribution in [0.3, 0.4) is 0 Å². The van der Waals surface area contributed by atoms with Gasteiger partial charge in [0.25, 0.3) is 10.0 Å². The number of Topliss-reactive ketones (excluding diaryl/α,β-unsaturated/α-hetero) is 1. The molecule has 3 aromatic carbocycles. The molecule has 3 aromatic rings. The number of ketones is 1. The highest BCUT2D eigenvalue weighted by molar-refractivity contribution is 7.92. The maximum atomic E-state index is 13.4. The van der Waals surface area contributed by atoms with Gasteiger partial charge in [0.1, 0.15) is 0 Å². The fraction of sp³-hybridized carbons (Fsp3) is 0.200. The zero-order valence-corrected chi connectivity index (χ0v) is 19.4. The van der Waals surface area contributed by atoms with Crippen LogP contribution in [0.1, 0.15) is 52.5 Å². The van der Waals surface area contributed by atoms with Crippen LogP contribution in [-0.2, 0) is 14.8 Å². The number of rotatable bonds is 9. The molecule has 0 unspecified atom stereocenters. The van der Waals surface area contributed by atoms with Crippen molar-refractivity contribution in [1.82, 2.24) is 0 Å². The van der Waals surface area contributed by atoms with Gasteiger partial charge >= 0.3 is 5.97 Å². The number of hydrogen-bond donors (Lipinski definition) is 1. The lowest BCUT2D eigenvalue weighted by molar-refractivity contribution is 0.0475. The van der Waals surface area contributed by atoms with Crippen LogP contribution in [0.15, 0.2) is 71.6 Å². The summed E-state index contributed by atoms with van der Waals surface area (Å²) in [6.45, 7) is 3.68. The first-order valence-electron chi connectivity index (χ1n) is 10.5. The van der Waals surface area contributed by atoms with Gasteiger partial charge in [-0.05, 0) is 54.3 Å². The fourth-order valence-corrected chi connectivity index (χ4v) is 4.16. The number of anilines is 1. The molecule has 0 amide bonds. The largest absolute Gasteiger partial charge is 0.454 e. The van der Waals surface area contributed by atoms with Crippen LogP contribution >= 0.6 is 0 Å². The summed E-state index contributed by atoms with van der Waals surface area (Å²) < 4.78 is 58.7. The highest BCUT2D eigenvalue weighted by Crippen LogP contribution is 2.21. The number of hydrogen-bond acceptors (Lipinski definition) is 5. The van der Waals surface area contributed by atoms with E-state index in [1.807, 2.05) is 12.1 Å². The number of benzene rings is 3. The first kappa shape index (κ1) is 25.0. The van der Waals surface area contributed by atoms with Crippen molar-refractivity contribution in [3.8, 4) is 0 Å². The average molecular weight is 488 g/mol. The van der Waals surface area contributed by atoms with E-state index in [9.17, 15) is 26.8 Å². The lowest BCUT2D eigenvalue weighted by Crippen LogP contribution is -2.16. The molecule has 0 spiro atoms. The Labute approximate surface area is 196 Å². The minimum atomic E-state index is -4.23. The summed E-state index contributed by atoms with van der Waals surface area (Å²) in [6, 6.07) is 14.7. The van der Waals surface area contributed by atoms with Gasteiger partial charge < -0.3 is 4.74 Å². The number of sulfonamides is 1. The summed E-state index contributed by atoms with van der Waals surface area (Å²) in [6.07, 6.45) is 0.973. The molecule has 0 fully saturated rings. The Bertz CT molecular complexity index is 1310. The van der Waals surface area contributed by atoms with Crippen molar-refractivity contribution in [3.05, 3.63) is 95.1 Å². The maximum absolute atomic E-state index is 13.4. The van der Waals surface area contributed by atoms with Crippen molar-refractivity contribution in [2.75, 3.05) is 11.3 Å². The summed E-state index contributed by atoms with van der Waals surface area (Å²) in [4.78, 5) is 24.3. The first-order valence-corrected chi connectivity index (χ1v) is 12.0. The maximum Gasteiger partial charge on any atom is 0.338 e. The van der Waals surface area contributed by atoms with E-state index in [4.69, 9.17) is 4.74 Å². The molecular formula is C25H23F2NO5S. The molecule has 1 atom stereocenters. The van der Waals surface area contributed by atoms with Crippen LogP contribution in [0.2, 0.25) is 0 Å². The van der Waals surface area contributed by atoms with E-state index in [2.05, 4.69) is 18.6 Å². The van der Waals surface area contributed by atoms with E-state index in [1.54, 1.807) is 12.1 Å². The molecule has 0 aromatic heterocycles. The van der Waals surface area contributed by atoms with E-state index < -0.39 is 39.1 Å². The molecule has 9 heteroatoms. The quantitative estimate of drug-likeness (QED) is 0.326. The van der Waals surface area contributed by atoms with Crippen LogP contribution < -0.4 is 4.72 Å². The molecule has 0 radical (unpaired) electrons. The SMILES string of the molecule is CC[C@H](C)c1ccc(C(=O)COC(=O)c2cccc(NS(=O)(=O)c3ccc(F)c(F)c3)c2)cc1. The third-order valence-electron chi connectivity index (χ3n) is 5.30. The predicted molar refractivity (Wildman–Crippen MR) is 123 cm³/mol. The molecule has 3 rings (SSSR count). The van der Waals surface area contributed by atoms with Crippen LogP contribution in [0, 0.1) is 11.6 Å². The van der Waals surface area contributed by atoms with Crippen molar-refractivity contribution in [3.63, 3.8) is 0 Å². The second kappa shape index (κ2) is 10.6. The molecule has 0 heterocycles. The van der Waals surface area contributed by atoms with Gasteiger partial charge in [-0.25, -0.2) is 22.0 Å². The van der Waals surface area contributed by atoms with Gasteiger partial charge in [-0.15, -0.1) is 0 Å². The van der Waals surface area contributed by atoms with Gasteiger partial charge in [0.05, 0.1) is 10.5 Å². The van der Waals surface area contributed by atoms with Gasteiger partial charge in [0.15, 0.2) is 24.0 Å². The minimum absolute atomic E-state index is 0.00500. The van der Waals surface area contributed by atoms with Crippen LogP contribution in [0.5, 0.6) is 0 Å². The normalized spacial score (nSPS) is 12.1. The molecular weight excluding hydrogens is 464 g/mol. The molecule has 6 nitrogen and oxygen atoms in total. The standard InChI is InChI=1S/C25H23F2NO5S/c1-3-16(2)17-7-9-18(10-8-17)24(29)15-33-25(30)19-5-4-6-20(13-19)28-34(31,32)21-11-12-22(26)23(27)14-21/h4-14,16,28H,3,15H2,1-2H3/t16-/m0/s1. The Morgan fingerprint density at radius 1 is 0.941 bits per heavy atom. The van der Waals surface area contributed by atoms with E-state index in [1.165, 1.54) is 24.3 Å². The number of carbonyl (C=O) groups excluding carboxylic acids is 2. The topological polar surface area (TPSA) is 89.5 Å². The highest BCUT2D eigenvalue weighted by Gasteiger charge is 2.18. The minimum Gasteiger partial charge on any atom is -0.454 e. The molecule has 1 N–H and O–H groups in total. The molecule has 178 valence electrons. The Hall–Kier alpha value is -3.59. The van der Waals surface area contributed by atoms with Crippen LogP contribution in [0.25, 0.3) is 0 Å². The Morgan fingerprint density at radius 3 is 2.29 bits per heavy atom. The zero-order chi connectivity index (χ0) is 24.9. The molecule has 34 heavy (non-hydrogen) atoms. The number of nitrogens with one attached hydrogen (secondary N) is 1. The monoisotopic (exact) mass is 487 g/mol. The molecule has 0 aliphatic rings. The third kappa shape index (κ3) is 6.05. The van der Waals surface area contributed by atoms with Crippen molar-refractivity contribution in [1.29, 1.82) is 0 Å². The number of esters is 1.